The lowest BCUT2D eigenvalue weighted by Crippen LogP contribution is -1.85. The van der Waals surface area contributed by atoms with Gasteiger partial charge in [-0.25, -0.2) is 4.39 Å². The number of halogens is 1. The summed E-state index contributed by atoms with van der Waals surface area (Å²) in [5.74, 6) is 2.34. The van der Waals surface area contributed by atoms with Crippen LogP contribution < -0.4 is 0 Å². The van der Waals surface area contributed by atoms with E-state index in [1.54, 1.807) is 6.07 Å². The second kappa shape index (κ2) is 4.20. The second-order valence-electron chi connectivity index (χ2n) is 3.70. The summed E-state index contributed by atoms with van der Waals surface area (Å²) in [7, 11) is 0. The Kier molecular flexibility index (Phi) is 2.74. The quantitative estimate of drug-likeness (QED) is 0.628. The molecule has 0 aliphatic rings. The van der Waals surface area contributed by atoms with E-state index in [2.05, 4.69) is 5.92 Å². The van der Waals surface area contributed by atoms with Gasteiger partial charge in [0.15, 0.2) is 0 Å². The Morgan fingerprint density at radius 3 is 2.31 bits per heavy atom. The van der Waals surface area contributed by atoms with E-state index in [1.165, 1.54) is 6.07 Å². The van der Waals surface area contributed by atoms with Gasteiger partial charge in [-0.2, -0.15) is 0 Å². The van der Waals surface area contributed by atoms with Crippen molar-refractivity contribution in [1.82, 2.24) is 0 Å². The molecule has 0 atom stereocenters. The zero-order chi connectivity index (χ0) is 11.5. The van der Waals surface area contributed by atoms with E-state index in [-0.39, 0.29) is 5.82 Å². The third kappa shape index (κ3) is 1.97. The molecule has 2 rings (SSSR count). The predicted octanol–water partition coefficient (Wildman–Crippen LogP) is 3.78. The highest BCUT2D eigenvalue weighted by atomic mass is 19.1. The molecule has 0 aromatic heterocycles. The van der Waals surface area contributed by atoms with Crippen LogP contribution in [0, 0.1) is 25.1 Å². The molecule has 0 heterocycles. The van der Waals surface area contributed by atoms with Gasteiger partial charge >= 0.3 is 0 Å². The van der Waals surface area contributed by atoms with Crippen molar-refractivity contribution in [3.05, 3.63) is 59.4 Å². The molecule has 2 aromatic rings. The summed E-state index contributed by atoms with van der Waals surface area (Å²) in [6.45, 7) is 1.87. The molecular formula is C15H11F. The number of aryl methyl sites for hydroxylation is 1. The lowest BCUT2D eigenvalue weighted by Gasteiger charge is -2.04. The van der Waals surface area contributed by atoms with E-state index < -0.39 is 0 Å². The van der Waals surface area contributed by atoms with E-state index in [1.807, 2.05) is 37.3 Å². The summed E-state index contributed by atoms with van der Waals surface area (Å²) >= 11 is 0. The minimum atomic E-state index is -0.201. The average molecular weight is 210 g/mol. The number of benzene rings is 2. The molecule has 0 aliphatic heterocycles. The van der Waals surface area contributed by atoms with Crippen molar-refractivity contribution in [2.24, 2.45) is 0 Å². The molecule has 16 heavy (non-hydrogen) atoms. The summed E-state index contributed by atoms with van der Waals surface area (Å²) in [5.41, 5.74) is 3.17. The van der Waals surface area contributed by atoms with Crippen molar-refractivity contribution >= 4 is 0 Å². The van der Waals surface area contributed by atoms with E-state index in [4.69, 9.17) is 6.42 Å². The molecule has 0 nitrogen and oxygen atoms in total. The monoisotopic (exact) mass is 210 g/mol. The molecule has 0 N–H and O–H groups in total. The summed E-state index contributed by atoms with van der Waals surface area (Å²) < 4.78 is 13.7. The van der Waals surface area contributed by atoms with Gasteiger partial charge in [-0.15, -0.1) is 6.42 Å². The van der Waals surface area contributed by atoms with Crippen LogP contribution >= 0.6 is 0 Å². The first-order valence-electron chi connectivity index (χ1n) is 5.04. The maximum atomic E-state index is 13.7. The van der Waals surface area contributed by atoms with Gasteiger partial charge in [-0.05, 0) is 36.2 Å². The van der Waals surface area contributed by atoms with E-state index in [0.29, 0.717) is 5.56 Å². The van der Waals surface area contributed by atoms with Gasteiger partial charge in [0.05, 0.1) is 0 Å². The molecule has 0 fully saturated rings. The van der Waals surface area contributed by atoms with Gasteiger partial charge < -0.3 is 0 Å². The maximum Gasteiger partial charge on any atom is 0.131 e. The van der Waals surface area contributed by atoms with Crippen LogP contribution in [0.25, 0.3) is 11.1 Å². The first-order valence-corrected chi connectivity index (χ1v) is 5.04. The Hall–Kier alpha value is -2.07. The highest BCUT2D eigenvalue weighted by Crippen LogP contribution is 2.23. The predicted molar refractivity (Wildman–Crippen MR) is 64.5 cm³/mol. The van der Waals surface area contributed by atoms with Crippen molar-refractivity contribution in [2.75, 3.05) is 0 Å². The number of terminal acetylenes is 1. The van der Waals surface area contributed by atoms with Crippen LogP contribution in [0.1, 0.15) is 11.1 Å². The molecule has 0 unspecified atom stereocenters. The minimum Gasteiger partial charge on any atom is -0.206 e. The van der Waals surface area contributed by atoms with Crippen LogP contribution in [0.5, 0.6) is 0 Å². The maximum absolute atomic E-state index is 13.7. The first-order chi connectivity index (χ1) is 7.70. The highest BCUT2D eigenvalue weighted by Gasteiger charge is 2.04. The van der Waals surface area contributed by atoms with Gasteiger partial charge in [0.25, 0.3) is 0 Å². The van der Waals surface area contributed by atoms with Crippen LogP contribution in [-0.2, 0) is 0 Å². The summed E-state index contributed by atoms with van der Waals surface area (Å²) in [4.78, 5) is 0. The molecule has 0 saturated carbocycles. The van der Waals surface area contributed by atoms with Crippen LogP contribution in [0.4, 0.5) is 4.39 Å². The van der Waals surface area contributed by atoms with Gasteiger partial charge in [0.1, 0.15) is 5.82 Å². The number of hydrogen-bond donors (Lipinski definition) is 0. The van der Waals surface area contributed by atoms with E-state index in [0.717, 1.165) is 16.7 Å². The van der Waals surface area contributed by atoms with E-state index in [9.17, 15) is 4.39 Å². The van der Waals surface area contributed by atoms with Crippen LogP contribution in [0.15, 0.2) is 42.5 Å². The largest absolute Gasteiger partial charge is 0.206 e. The van der Waals surface area contributed by atoms with E-state index >= 15 is 0 Å². The topological polar surface area (TPSA) is 0 Å². The number of hydrogen-bond acceptors (Lipinski definition) is 0. The van der Waals surface area contributed by atoms with Gasteiger partial charge in [-0.1, -0.05) is 30.2 Å². The highest BCUT2D eigenvalue weighted by molar-refractivity contribution is 5.65. The summed E-state index contributed by atoms with van der Waals surface area (Å²) in [6.07, 6.45) is 5.26. The molecule has 0 spiro atoms. The molecule has 78 valence electrons. The molecule has 0 aliphatic carbocycles. The third-order valence-electron chi connectivity index (χ3n) is 2.49. The summed E-state index contributed by atoms with van der Waals surface area (Å²) in [6, 6.07) is 12.5. The van der Waals surface area contributed by atoms with Crippen molar-refractivity contribution in [2.45, 2.75) is 6.92 Å². The summed E-state index contributed by atoms with van der Waals surface area (Å²) in [5, 5.41) is 0. The molecule has 2 aromatic carbocycles. The Bertz CT molecular complexity index is 545. The third-order valence-corrected chi connectivity index (χ3v) is 2.49. The fourth-order valence-corrected chi connectivity index (χ4v) is 1.60. The lowest BCUT2D eigenvalue weighted by atomic mass is 10.0. The Balaban J connectivity index is 2.47. The standard InChI is InChI=1S/C15H11F/c1-3-12-5-7-13(8-6-12)14-9-4-11(2)10-15(14)16/h1,4-10H,2H3. The van der Waals surface area contributed by atoms with Crippen LogP contribution in [-0.4, -0.2) is 0 Å². The first kappa shape index (κ1) is 10.4. The Morgan fingerprint density at radius 1 is 1.06 bits per heavy atom. The van der Waals surface area contributed by atoms with Gasteiger partial charge in [0.2, 0.25) is 0 Å². The van der Waals surface area contributed by atoms with Crippen molar-refractivity contribution in [3.63, 3.8) is 0 Å². The van der Waals surface area contributed by atoms with Crippen molar-refractivity contribution < 1.29 is 4.39 Å². The van der Waals surface area contributed by atoms with Gasteiger partial charge in [-0.3, -0.25) is 0 Å². The Morgan fingerprint density at radius 2 is 1.75 bits per heavy atom. The molecule has 0 saturated heterocycles. The molecule has 0 bridgehead atoms. The molecule has 0 amide bonds. The fraction of sp³-hybridized carbons (Fsp3) is 0.0667. The van der Waals surface area contributed by atoms with Gasteiger partial charge in [0, 0.05) is 11.1 Å². The molecule has 0 radical (unpaired) electrons. The number of rotatable bonds is 1. The smallest absolute Gasteiger partial charge is 0.131 e. The minimum absolute atomic E-state index is 0.201. The zero-order valence-electron chi connectivity index (χ0n) is 9.00. The molecule has 1 heteroatoms. The van der Waals surface area contributed by atoms with Crippen molar-refractivity contribution in [3.8, 4) is 23.5 Å². The zero-order valence-corrected chi connectivity index (χ0v) is 9.00. The lowest BCUT2D eigenvalue weighted by molar-refractivity contribution is 0.630. The fourth-order valence-electron chi connectivity index (χ4n) is 1.60. The van der Waals surface area contributed by atoms with Crippen molar-refractivity contribution in [1.29, 1.82) is 0 Å². The Labute approximate surface area is 94.7 Å². The second-order valence-corrected chi connectivity index (χ2v) is 3.70. The van der Waals surface area contributed by atoms with Crippen LogP contribution in [0.2, 0.25) is 0 Å². The van der Waals surface area contributed by atoms with Crippen LogP contribution in [0.3, 0.4) is 0 Å². The average Bonchev–Trinajstić information content (AvgIpc) is 2.29. The normalized spacial score (nSPS) is 9.81. The molecular weight excluding hydrogens is 199 g/mol. The SMILES string of the molecule is C#Cc1ccc(-c2ccc(C)cc2F)cc1.